The number of carbonyl (C=O) groups is 1. The van der Waals surface area contributed by atoms with Crippen LogP contribution in [-0.4, -0.2) is 53.4 Å². The Morgan fingerprint density at radius 1 is 1.17 bits per heavy atom. The predicted octanol–water partition coefficient (Wildman–Crippen LogP) is 3.27. The SMILES string of the molecule is CN(CC(=O)NC[C@H]1CCCO1)Cc1cn(-c2ccccc2)nc1-c1ccccc1. The van der Waals surface area contributed by atoms with Crippen LogP contribution < -0.4 is 5.32 Å². The van der Waals surface area contributed by atoms with Gasteiger partial charge in [-0.15, -0.1) is 0 Å². The first-order valence-corrected chi connectivity index (χ1v) is 10.5. The van der Waals surface area contributed by atoms with Crippen LogP contribution in [0.5, 0.6) is 0 Å². The number of aromatic nitrogens is 2. The van der Waals surface area contributed by atoms with Gasteiger partial charge in [-0.2, -0.15) is 5.10 Å². The largest absolute Gasteiger partial charge is 0.376 e. The Hall–Kier alpha value is -2.96. The highest BCUT2D eigenvalue weighted by Crippen LogP contribution is 2.24. The summed E-state index contributed by atoms with van der Waals surface area (Å²) in [6.45, 7) is 2.35. The summed E-state index contributed by atoms with van der Waals surface area (Å²) >= 11 is 0. The van der Waals surface area contributed by atoms with E-state index in [1.165, 1.54) is 0 Å². The lowest BCUT2D eigenvalue weighted by atomic mass is 10.1. The van der Waals surface area contributed by atoms with Crippen LogP contribution in [0.3, 0.4) is 0 Å². The van der Waals surface area contributed by atoms with Crippen LogP contribution >= 0.6 is 0 Å². The second kappa shape index (κ2) is 9.69. The second-order valence-corrected chi connectivity index (χ2v) is 7.76. The van der Waals surface area contributed by atoms with Gasteiger partial charge in [0.1, 0.15) is 0 Å². The van der Waals surface area contributed by atoms with Crippen molar-refractivity contribution in [3.8, 4) is 16.9 Å². The van der Waals surface area contributed by atoms with Crippen LogP contribution in [0, 0.1) is 0 Å². The summed E-state index contributed by atoms with van der Waals surface area (Å²) in [4.78, 5) is 14.4. The van der Waals surface area contributed by atoms with Crippen molar-refractivity contribution in [2.45, 2.75) is 25.5 Å². The van der Waals surface area contributed by atoms with Gasteiger partial charge in [0.15, 0.2) is 0 Å². The molecule has 1 aromatic heterocycles. The van der Waals surface area contributed by atoms with Crippen LogP contribution in [0.1, 0.15) is 18.4 Å². The van der Waals surface area contributed by atoms with Crippen molar-refractivity contribution in [3.63, 3.8) is 0 Å². The van der Waals surface area contributed by atoms with Gasteiger partial charge in [0.25, 0.3) is 0 Å². The second-order valence-electron chi connectivity index (χ2n) is 7.76. The molecule has 0 aliphatic carbocycles. The molecule has 0 saturated carbocycles. The minimum atomic E-state index is 0.0183. The van der Waals surface area contributed by atoms with Crippen molar-refractivity contribution in [1.29, 1.82) is 0 Å². The Bertz CT molecular complexity index is 950. The third-order valence-corrected chi connectivity index (χ3v) is 5.26. The third-order valence-electron chi connectivity index (χ3n) is 5.26. The molecule has 0 unspecified atom stereocenters. The molecular weight excluding hydrogens is 376 g/mol. The molecule has 156 valence electrons. The number of amides is 1. The van der Waals surface area contributed by atoms with Crippen molar-refractivity contribution >= 4 is 5.91 Å². The summed E-state index contributed by atoms with van der Waals surface area (Å²) in [5, 5.41) is 7.84. The summed E-state index contributed by atoms with van der Waals surface area (Å²) in [6, 6.07) is 20.2. The molecule has 1 N–H and O–H groups in total. The van der Waals surface area contributed by atoms with E-state index in [1.807, 2.05) is 65.2 Å². The first-order chi connectivity index (χ1) is 14.7. The number of hydrogen-bond donors (Lipinski definition) is 1. The molecule has 6 heteroatoms. The van der Waals surface area contributed by atoms with Gasteiger partial charge < -0.3 is 10.1 Å². The Kier molecular flexibility index (Phi) is 6.57. The molecule has 2 aromatic carbocycles. The van der Waals surface area contributed by atoms with Crippen molar-refractivity contribution in [3.05, 3.63) is 72.4 Å². The quantitative estimate of drug-likeness (QED) is 0.626. The van der Waals surface area contributed by atoms with Gasteiger partial charge in [-0.1, -0.05) is 48.5 Å². The van der Waals surface area contributed by atoms with Crippen LogP contribution in [0.4, 0.5) is 0 Å². The first-order valence-electron chi connectivity index (χ1n) is 10.5. The molecule has 0 spiro atoms. The lowest BCUT2D eigenvalue weighted by Crippen LogP contribution is -2.38. The average molecular weight is 405 g/mol. The minimum Gasteiger partial charge on any atom is -0.376 e. The lowest BCUT2D eigenvalue weighted by molar-refractivity contribution is -0.122. The number of ether oxygens (including phenoxy) is 1. The van der Waals surface area contributed by atoms with E-state index in [1.54, 1.807) is 0 Å². The van der Waals surface area contributed by atoms with Crippen LogP contribution in [0.25, 0.3) is 16.9 Å². The van der Waals surface area contributed by atoms with Crippen molar-refractivity contribution in [2.75, 3.05) is 26.7 Å². The zero-order chi connectivity index (χ0) is 20.8. The zero-order valence-electron chi connectivity index (χ0n) is 17.3. The lowest BCUT2D eigenvalue weighted by Gasteiger charge is -2.17. The number of hydrogen-bond acceptors (Lipinski definition) is 4. The van der Waals surface area contributed by atoms with Gasteiger partial charge >= 0.3 is 0 Å². The predicted molar refractivity (Wildman–Crippen MR) is 117 cm³/mol. The minimum absolute atomic E-state index is 0.0183. The van der Waals surface area contributed by atoms with Gasteiger partial charge in [0, 0.05) is 37.0 Å². The molecule has 1 saturated heterocycles. The highest BCUT2D eigenvalue weighted by atomic mass is 16.5. The molecule has 1 aliphatic heterocycles. The molecular formula is C24H28N4O2. The van der Waals surface area contributed by atoms with Crippen LogP contribution in [-0.2, 0) is 16.1 Å². The highest BCUT2D eigenvalue weighted by molar-refractivity contribution is 5.78. The topological polar surface area (TPSA) is 59.4 Å². The van der Waals surface area contributed by atoms with E-state index < -0.39 is 0 Å². The standard InChI is InChI=1S/C24H28N4O2/c1-27(18-23(29)25-15-22-13-8-14-30-22)16-20-17-28(21-11-6-3-7-12-21)26-24(20)19-9-4-2-5-10-19/h2-7,9-12,17,22H,8,13-16,18H2,1H3,(H,25,29)/t22-/m1/s1. The number of nitrogens with zero attached hydrogens (tertiary/aromatic N) is 3. The molecule has 1 atom stereocenters. The fourth-order valence-corrected chi connectivity index (χ4v) is 3.76. The van der Waals surface area contributed by atoms with Gasteiger partial charge in [0.2, 0.25) is 5.91 Å². The Morgan fingerprint density at radius 2 is 1.90 bits per heavy atom. The van der Waals surface area contributed by atoms with Crippen molar-refractivity contribution < 1.29 is 9.53 Å². The maximum atomic E-state index is 12.4. The van der Waals surface area contributed by atoms with Gasteiger partial charge in [-0.05, 0) is 32.0 Å². The molecule has 1 amide bonds. The molecule has 4 rings (SSSR count). The fourth-order valence-electron chi connectivity index (χ4n) is 3.76. The third kappa shape index (κ3) is 5.14. The normalized spacial score (nSPS) is 16.1. The molecule has 3 aromatic rings. The monoisotopic (exact) mass is 404 g/mol. The van der Waals surface area contributed by atoms with Crippen molar-refractivity contribution in [1.82, 2.24) is 20.0 Å². The van der Waals surface area contributed by atoms with Crippen molar-refractivity contribution in [2.24, 2.45) is 0 Å². The number of carbonyl (C=O) groups excluding carboxylic acids is 1. The van der Waals surface area contributed by atoms with E-state index >= 15 is 0 Å². The molecule has 1 aliphatic rings. The summed E-state index contributed by atoms with van der Waals surface area (Å²) < 4.78 is 7.48. The van der Waals surface area contributed by atoms with E-state index in [-0.39, 0.29) is 12.0 Å². The summed E-state index contributed by atoms with van der Waals surface area (Å²) in [7, 11) is 1.96. The van der Waals surface area contributed by atoms with Gasteiger partial charge in [-0.3, -0.25) is 9.69 Å². The van der Waals surface area contributed by atoms with E-state index in [2.05, 4.69) is 23.6 Å². The molecule has 6 nitrogen and oxygen atoms in total. The van der Waals surface area contributed by atoms with Gasteiger partial charge in [0.05, 0.1) is 24.0 Å². The molecule has 2 heterocycles. The molecule has 30 heavy (non-hydrogen) atoms. The van der Waals surface area contributed by atoms with Crippen LogP contribution in [0.15, 0.2) is 66.9 Å². The number of rotatable bonds is 8. The zero-order valence-corrected chi connectivity index (χ0v) is 17.3. The van der Waals surface area contributed by atoms with Crippen LogP contribution in [0.2, 0.25) is 0 Å². The maximum absolute atomic E-state index is 12.4. The molecule has 0 bridgehead atoms. The molecule has 1 fully saturated rings. The Balaban J connectivity index is 1.46. The Labute approximate surface area is 177 Å². The number of nitrogens with one attached hydrogen (secondary N) is 1. The summed E-state index contributed by atoms with van der Waals surface area (Å²) in [5.74, 6) is 0.0183. The van der Waals surface area contributed by atoms with E-state index in [9.17, 15) is 4.79 Å². The van der Waals surface area contributed by atoms with E-state index in [0.29, 0.717) is 19.6 Å². The number of benzene rings is 2. The number of likely N-dealkylation sites (N-methyl/N-ethyl adjacent to an activating group) is 1. The van der Waals surface area contributed by atoms with E-state index in [0.717, 1.165) is 42.0 Å². The Morgan fingerprint density at radius 3 is 2.60 bits per heavy atom. The summed E-state index contributed by atoms with van der Waals surface area (Å²) in [6.07, 6.45) is 4.31. The van der Waals surface area contributed by atoms with Gasteiger partial charge in [-0.25, -0.2) is 4.68 Å². The van der Waals surface area contributed by atoms with E-state index in [4.69, 9.17) is 9.84 Å². The summed E-state index contributed by atoms with van der Waals surface area (Å²) in [5.41, 5.74) is 4.10. The maximum Gasteiger partial charge on any atom is 0.234 e. The average Bonchev–Trinajstić information content (AvgIpc) is 3.43. The molecule has 0 radical (unpaired) electrons. The number of para-hydroxylation sites is 1. The highest BCUT2D eigenvalue weighted by Gasteiger charge is 2.18. The fraction of sp³-hybridized carbons (Fsp3) is 0.333. The smallest absolute Gasteiger partial charge is 0.234 e. The first kappa shape index (κ1) is 20.3.